The molecular weight excluding hydrogens is 342 g/mol. The molecule has 0 heterocycles. The van der Waals surface area contributed by atoms with E-state index in [-0.39, 0.29) is 5.91 Å². The molecule has 0 atom stereocenters. The molecule has 0 aromatic heterocycles. The number of rotatable bonds is 7. The van der Waals surface area contributed by atoms with Gasteiger partial charge in [-0.25, -0.2) is 4.79 Å². The molecule has 0 aliphatic heterocycles. The molecule has 0 aliphatic rings. The third-order valence-corrected chi connectivity index (χ3v) is 3.77. The van der Waals surface area contributed by atoms with Gasteiger partial charge in [-0.15, -0.1) is 0 Å². The van der Waals surface area contributed by atoms with Crippen LogP contribution in [0.1, 0.15) is 28.8 Å². The number of aryl methyl sites for hydroxylation is 1. The molecule has 0 spiro atoms. The van der Waals surface area contributed by atoms with Gasteiger partial charge in [-0.1, -0.05) is 11.6 Å². The molecule has 1 N–H and O–H groups in total. The van der Waals surface area contributed by atoms with Crippen LogP contribution in [0.2, 0.25) is 5.02 Å². The molecule has 6 heteroatoms. The van der Waals surface area contributed by atoms with Gasteiger partial charge in [-0.3, -0.25) is 4.79 Å². The Morgan fingerprint density at radius 2 is 1.84 bits per heavy atom. The molecule has 0 aliphatic carbocycles. The van der Waals surface area contributed by atoms with E-state index in [1.165, 1.54) is 7.11 Å². The molecule has 25 heavy (non-hydrogen) atoms. The van der Waals surface area contributed by atoms with E-state index in [0.29, 0.717) is 35.7 Å². The van der Waals surface area contributed by atoms with Crippen molar-refractivity contribution in [3.8, 4) is 5.75 Å². The number of hydrogen-bond acceptors (Lipinski definition) is 4. The van der Waals surface area contributed by atoms with Gasteiger partial charge in [0.15, 0.2) is 0 Å². The fraction of sp³-hybridized carbons (Fsp3) is 0.263. The number of ether oxygens (including phenoxy) is 2. The van der Waals surface area contributed by atoms with Gasteiger partial charge >= 0.3 is 5.97 Å². The van der Waals surface area contributed by atoms with E-state index in [1.54, 1.807) is 30.3 Å². The summed E-state index contributed by atoms with van der Waals surface area (Å²) in [7, 11) is 1.33. The highest BCUT2D eigenvalue weighted by molar-refractivity contribution is 6.30. The van der Waals surface area contributed by atoms with Crippen molar-refractivity contribution in [2.75, 3.05) is 19.0 Å². The van der Waals surface area contributed by atoms with Gasteiger partial charge in [-0.05, 0) is 61.4 Å². The molecule has 132 valence electrons. The highest BCUT2D eigenvalue weighted by Crippen LogP contribution is 2.22. The van der Waals surface area contributed by atoms with Crippen molar-refractivity contribution in [3.63, 3.8) is 0 Å². The van der Waals surface area contributed by atoms with Crippen molar-refractivity contribution >= 4 is 29.2 Å². The van der Waals surface area contributed by atoms with Crippen LogP contribution in [0.5, 0.6) is 5.75 Å². The summed E-state index contributed by atoms with van der Waals surface area (Å²) in [6.07, 6.45) is 0.930. The number of methoxy groups -OCH3 is 1. The van der Waals surface area contributed by atoms with Crippen molar-refractivity contribution in [3.05, 3.63) is 58.6 Å². The average Bonchev–Trinajstić information content (AvgIpc) is 2.60. The summed E-state index contributed by atoms with van der Waals surface area (Å²) in [5.41, 5.74) is 2.03. The van der Waals surface area contributed by atoms with Gasteiger partial charge in [0.1, 0.15) is 5.75 Å². The van der Waals surface area contributed by atoms with E-state index in [0.717, 1.165) is 11.3 Å². The zero-order chi connectivity index (χ0) is 18.2. The number of nitrogens with one attached hydrogen (secondary N) is 1. The summed E-state index contributed by atoms with van der Waals surface area (Å²) in [6.45, 7) is 2.36. The van der Waals surface area contributed by atoms with Crippen LogP contribution in [-0.4, -0.2) is 25.6 Å². The Labute approximate surface area is 151 Å². The fourth-order valence-corrected chi connectivity index (χ4v) is 2.45. The van der Waals surface area contributed by atoms with E-state index < -0.39 is 5.97 Å². The van der Waals surface area contributed by atoms with Crippen molar-refractivity contribution in [1.29, 1.82) is 0 Å². The van der Waals surface area contributed by atoms with Crippen LogP contribution in [0.3, 0.4) is 0 Å². The first-order chi connectivity index (χ1) is 12.0. The zero-order valence-electron chi connectivity index (χ0n) is 14.2. The lowest BCUT2D eigenvalue weighted by Crippen LogP contribution is -2.13. The minimum absolute atomic E-state index is 0.109. The predicted octanol–water partition coefficient (Wildman–Crippen LogP) is 4.23. The van der Waals surface area contributed by atoms with Gasteiger partial charge in [0.25, 0.3) is 0 Å². The van der Waals surface area contributed by atoms with Crippen LogP contribution < -0.4 is 10.1 Å². The van der Waals surface area contributed by atoms with Gasteiger partial charge in [-0.2, -0.15) is 0 Å². The van der Waals surface area contributed by atoms with E-state index in [2.05, 4.69) is 10.1 Å². The van der Waals surface area contributed by atoms with Crippen molar-refractivity contribution in [2.24, 2.45) is 0 Å². The van der Waals surface area contributed by atoms with Gasteiger partial charge in [0.05, 0.1) is 19.3 Å². The number of anilines is 1. The predicted molar refractivity (Wildman–Crippen MR) is 97.3 cm³/mol. The number of hydrogen-bond donors (Lipinski definition) is 1. The maximum Gasteiger partial charge on any atom is 0.337 e. The number of carbonyl (C=O) groups excluding carboxylic acids is 2. The van der Waals surface area contributed by atoms with Gasteiger partial charge in [0.2, 0.25) is 5.91 Å². The van der Waals surface area contributed by atoms with Crippen molar-refractivity contribution < 1.29 is 19.1 Å². The SMILES string of the molecule is COC(=O)c1ccc(NC(=O)CCCOc2ccc(Cl)cc2C)cc1. The summed E-state index contributed by atoms with van der Waals surface area (Å²) in [6, 6.07) is 12.0. The third-order valence-electron chi connectivity index (χ3n) is 3.53. The normalized spacial score (nSPS) is 10.2. The minimum Gasteiger partial charge on any atom is -0.493 e. The first-order valence-electron chi connectivity index (χ1n) is 7.87. The number of halogens is 1. The molecule has 2 aromatic carbocycles. The van der Waals surface area contributed by atoms with E-state index in [4.69, 9.17) is 16.3 Å². The molecular formula is C19H20ClNO4. The Hall–Kier alpha value is -2.53. The van der Waals surface area contributed by atoms with Crippen LogP contribution in [0.25, 0.3) is 0 Å². The quantitative estimate of drug-likeness (QED) is 0.592. The molecule has 0 unspecified atom stereocenters. The van der Waals surface area contributed by atoms with Crippen molar-refractivity contribution in [2.45, 2.75) is 19.8 Å². The molecule has 5 nitrogen and oxygen atoms in total. The molecule has 1 amide bonds. The fourth-order valence-electron chi connectivity index (χ4n) is 2.22. The van der Waals surface area contributed by atoms with Gasteiger partial charge < -0.3 is 14.8 Å². The molecule has 2 rings (SSSR count). The second-order valence-electron chi connectivity index (χ2n) is 5.48. The Morgan fingerprint density at radius 1 is 1.12 bits per heavy atom. The molecule has 0 bridgehead atoms. The number of amides is 1. The molecule has 0 fully saturated rings. The Kier molecular flexibility index (Phi) is 6.83. The lowest BCUT2D eigenvalue weighted by atomic mass is 10.2. The summed E-state index contributed by atoms with van der Waals surface area (Å²) < 4.78 is 10.3. The van der Waals surface area contributed by atoms with E-state index in [1.807, 2.05) is 19.1 Å². The lowest BCUT2D eigenvalue weighted by Gasteiger charge is -2.09. The lowest BCUT2D eigenvalue weighted by molar-refractivity contribution is -0.116. The first kappa shape index (κ1) is 18.8. The third kappa shape index (κ3) is 5.80. The molecule has 0 saturated carbocycles. The highest BCUT2D eigenvalue weighted by atomic mass is 35.5. The second-order valence-corrected chi connectivity index (χ2v) is 5.92. The topological polar surface area (TPSA) is 64.6 Å². The standard InChI is InChI=1S/C19H20ClNO4/c1-13-12-15(20)7-10-17(13)25-11-3-4-18(22)21-16-8-5-14(6-9-16)19(23)24-2/h5-10,12H,3-4,11H2,1-2H3,(H,21,22). The Morgan fingerprint density at radius 3 is 2.48 bits per heavy atom. The molecule has 2 aromatic rings. The monoisotopic (exact) mass is 361 g/mol. The van der Waals surface area contributed by atoms with Crippen LogP contribution in [0, 0.1) is 6.92 Å². The first-order valence-corrected chi connectivity index (χ1v) is 8.24. The minimum atomic E-state index is -0.410. The Balaban J connectivity index is 1.74. The summed E-state index contributed by atoms with van der Waals surface area (Å²) >= 11 is 5.90. The summed E-state index contributed by atoms with van der Waals surface area (Å²) in [5, 5.41) is 3.45. The van der Waals surface area contributed by atoms with Crippen LogP contribution in [0.4, 0.5) is 5.69 Å². The number of carbonyl (C=O) groups is 2. The van der Waals surface area contributed by atoms with Gasteiger partial charge in [0, 0.05) is 17.1 Å². The molecule has 0 saturated heterocycles. The van der Waals surface area contributed by atoms with Crippen molar-refractivity contribution in [1.82, 2.24) is 0 Å². The molecule has 0 radical (unpaired) electrons. The van der Waals surface area contributed by atoms with Crippen LogP contribution >= 0.6 is 11.6 Å². The number of esters is 1. The average molecular weight is 362 g/mol. The second kappa shape index (κ2) is 9.08. The van der Waals surface area contributed by atoms with E-state index >= 15 is 0 Å². The summed E-state index contributed by atoms with van der Waals surface area (Å²) in [5.74, 6) is 0.248. The van der Waals surface area contributed by atoms with E-state index in [9.17, 15) is 9.59 Å². The van der Waals surface area contributed by atoms with Crippen LogP contribution in [-0.2, 0) is 9.53 Å². The van der Waals surface area contributed by atoms with Crippen LogP contribution in [0.15, 0.2) is 42.5 Å². The largest absolute Gasteiger partial charge is 0.493 e. The maximum atomic E-state index is 11.9. The Bertz CT molecular complexity index is 744. The maximum absolute atomic E-state index is 11.9. The number of benzene rings is 2. The highest BCUT2D eigenvalue weighted by Gasteiger charge is 2.07. The smallest absolute Gasteiger partial charge is 0.337 e. The summed E-state index contributed by atoms with van der Waals surface area (Å²) in [4.78, 5) is 23.3. The zero-order valence-corrected chi connectivity index (χ0v) is 14.9.